The van der Waals surface area contributed by atoms with Gasteiger partial charge in [0, 0.05) is 0 Å². The highest BCUT2D eigenvalue weighted by atomic mass is 28.1. The molecular weight excluding hydrogens is 188 g/mol. The minimum absolute atomic E-state index is 0.384. The van der Waals surface area contributed by atoms with E-state index in [2.05, 4.69) is 40.7 Å². The lowest BCUT2D eigenvalue weighted by atomic mass is 9.99. The van der Waals surface area contributed by atoms with Gasteiger partial charge in [-0.1, -0.05) is 0 Å². The van der Waals surface area contributed by atoms with Crippen LogP contribution in [0.3, 0.4) is 0 Å². The molecule has 1 aromatic carbocycles. The van der Waals surface area contributed by atoms with E-state index in [4.69, 9.17) is 4.74 Å². The Bertz CT molecular complexity index is 343. The molecule has 0 bridgehead atoms. The van der Waals surface area contributed by atoms with Gasteiger partial charge in [0.2, 0.25) is 0 Å². The predicted octanol–water partition coefficient (Wildman–Crippen LogP) is 2.01. The number of benzene rings is 1. The van der Waals surface area contributed by atoms with Crippen LogP contribution in [0.25, 0.3) is 0 Å². The Hall–Kier alpha value is -0.763. The van der Waals surface area contributed by atoms with Gasteiger partial charge in [-0.2, -0.15) is 0 Å². The van der Waals surface area contributed by atoms with E-state index in [0.29, 0.717) is 5.73 Å². The van der Waals surface area contributed by atoms with Gasteiger partial charge in [0.25, 0.3) is 0 Å². The summed E-state index contributed by atoms with van der Waals surface area (Å²) < 4.78 is 5.82. The molecule has 78 valence electrons. The van der Waals surface area contributed by atoms with Gasteiger partial charge < -0.3 is 4.74 Å². The topological polar surface area (TPSA) is 9.23 Å². The minimum atomic E-state index is 0.384. The molecule has 0 heterocycles. The summed E-state index contributed by atoms with van der Waals surface area (Å²) in [5, 5.41) is 0. The first-order chi connectivity index (χ1) is 6.43. The molecule has 1 aromatic rings. The summed E-state index contributed by atoms with van der Waals surface area (Å²) in [6.07, 6.45) is 0. The van der Waals surface area contributed by atoms with Gasteiger partial charge in [0.05, 0.1) is 16.0 Å². The van der Waals surface area contributed by atoms with Crippen LogP contribution in [0.5, 0.6) is 5.75 Å². The quantitative estimate of drug-likeness (QED) is 0.676. The predicted molar refractivity (Wildman–Crippen MR) is 65.4 cm³/mol. The third-order valence-corrected chi connectivity index (χ3v) is 3.03. The maximum Gasteiger partial charge on any atom is 0.122 e. The van der Waals surface area contributed by atoms with Crippen LogP contribution in [0.1, 0.15) is 29.2 Å². The lowest BCUT2D eigenvalue weighted by Gasteiger charge is -2.17. The van der Waals surface area contributed by atoms with Crippen LogP contribution in [-0.2, 0) is 0 Å². The van der Waals surface area contributed by atoms with Gasteiger partial charge in [0.15, 0.2) is 0 Å². The molecule has 1 atom stereocenters. The van der Waals surface area contributed by atoms with Gasteiger partial charge in [-0.25, -0.2) is 0 Å². The van der Waals surface area contributed by atoms with Crippen molar-refractivity contribution in [3.63, 3.8) is 0 Å². The molecule has 0 aliphatic carbocycles. The van der Waals surface area contributed by atoms with Crippen LogP contribution >= 0.6 is 0 Å². The second kappa shape index (κ2) is 4.18. The summed E-state index contributed by atoms with van der Waals surface area (Å²) in [5.74, 6) is 1.06. The lowest BCUT2D eigenvalue weighted by Crippen LogP contribution is -2.12. The number of hydrogen-bond acceptors (Lipinski definition) is 1. The zero-order valence-corrected chi connectivity index (χ0v) is 12.1. The second-order valence-electron chi connectivity index (χ2n) is 4.23. The van der Waals surface area contributed by atoms with Crippen molar-refractivity contribution in [1.82, 2.24) is 0 Å². The first-order valence-corrected chi connectivity index (χ1v) is 6.33. The van der Waals surface area contributed by atoms with Crippen LogP contribution in [0, 0.1) is 27.7 Å². The lowest BCUT2D eigenvalue weighted by molar-refractivity contribution is 0.298. The summed E-state index contributed by atoms with van der Waals surface area (Å²) >= 11 is 0. The first kappa shape index (κ1) is 11.3. The van der Waals surface area contributed by atoms with Crippen LogP contribution in [0.4, 0.5) is 0 Å². The van der Waals surface area contributed by atoms with Crippen LogP contribution in [-0.4, -0.2) is 16.0 Å². The fraction of sp³-hybridized carbons (Fsp3) is 0.500. The van der Waals surface area contributed by atoms with E-state index in [9.17, 15) is 0 Å². The number of ether oxygens (including phenoxy) is 1. The van der Waals surface area contributed by atoms with Gasteiger partial charge in [-0.3, -0.25) is 0 Å². The molecule has 0 aliphatic heterocycles. The molecule has 0 N–H and O–H groups in total. The van der Waals surface area contributed by atoms with E-state index >= 15 is 0 Å². The Labute approximate surface area is 89.9 Å². The normalized spacial score (nSPS) is 12.9. The Balaban J connectivity index is 3.19. The summed E-state index contributed by atoms with van der Waals surface area (Å²) in [4.78, 5) is 0. The van der Waals surface area contributed by atoms with Crippen molar-refractivity contribution in [1.29, 1.82) is 0 Å². The smallest absolute Gasteiger partial charge is 0.122 e. The summed E-state index contributed by atoms with van der Waals surface area (Å²) in [6, 6.07) is 2.16. The number of rotatable bonds is 2. The highest BCUT2D eigenvalue weighted by molar-refractivity contribution is 6.10. The maximum atomic E-state index is 5.82. The largest absolute Gasteiger partial charge is 0.495 e. The number of hydrogen-bond donors (Lipinski definition) is 0. The molecule has 0 saturated carbocycles. The molecule has 14 heavy (non-hydrogen) atoms. The van der Waals surface area contributed by atoms with Crippen molar-refractivity contribution in [2.45, 2.75) is 40.3 Å². The van der Waals surface area contributed by atoms with Crippen molar-refractivity contribution in [3.05, 3.63) is 28.3 Å². The molecular formula is C12H20OSi. The van der Waals surface area contributed by atoms with Crippen molar-refractivity contribution < 1.29 is 4.74 Å². The maximum absolute atomic E-state index is 5.82. The SMILES string of the molecule is Cc1cc(OC(C)[SiH3])c(C)c(C)c1C. The summed E-state index contributed by atoms with van der Waals surface area (Å²) in [7, 11) is 1.07. The average Bonchev–Trinajstić information content (AvgIpc) is 2.10. The molecule has 0 saturated heterocycles. The highest BCUT2D eigenvalue weighted by Crippen LogP contribution is 2.27. The van der Waals surface area contributed by atoms with Gasteiger partial charge in [-0.15, -0.1) is 0 Å². The highest BCUT2D eigenvalue weighted by Gasteiger charge is 2.08. The zero-order chi connectivity index (χ0) is 10.9. The van der Waals surface area contributed by atoms with E-state index < -0.39 is 0 Å². The van der Waals surface area contributed by atoms with E-state index in [-0.39, 0.29) is 0 Å². The zero-order valence-electron chi connectivity index (χ0n) is 10.1. The van der Waals surface area contributed by atoms with Gasteiger partial charge in [-0.05, 0) is 62.9 Å². The fourth-order valence-corrected chi connectivity index (χ4v) is 1.81. The standard InChI is InChI=1S/C12H20OSi/c1-7-6-12(13-11(5)14)10(4)9(3)8(7)2/h6,11H,1-5,14H3. The molecule has 0 fully saturated rings. The van der Waals surface area contributed by atoms with Crippen LogP contribution < -0.4 is 4.74 Å². The van der Waals surface area contributed by atoms with E-state index in [1.807, 2.05) is 0 Å². The Morgan fingerprint density at radius 1 is 1.07 bits per heavy atom. The Kier molecular flexibility index (Phi) is 3.37. The third kappa shape index (κ3) is 2.18. The molecule has 0 aliphatic rings. The third-order valence-electron chi connectivity index (χ3n) is 2.80. The molecule has 0 radical (unpaired) electrons. The van der Waals surface area contributed by atoms with Crippen LogP contribution in [0.15, 0.2) is 6.07 Å². The van der Waals surface area contributed by atoms with E-state index in [0.717, 1.165) is 16.0 Å². The second-order valence-corrected chi connectivity index (χ2v) is 5.86. The molecule has 1 nitrogen and oxygen atoms in total. The van der Waals surface area contributed by atoms with Gasteiger partial charge >= 0.3 is 0 Å². The van der Waals surface area contributed by atoms with Crippen LogP contribution in [0.2, 0.25) is 0 Å². The fourth-order valence-electron chi connectivity index (χ4n) is 1.55. The summed E-state index contributed by atoms with van der Waals surface area (Å²) in [6.45, 7) is 10.7. The Morgan fingerprint density at radius 3 is 2.14 bits per heavy atom. The molecule has 0 spiro atoms. The van der Waals surface area contributed by atoms with Gasteiger partial charge in [0.1, 0.15) is 5.75 Å². The van der Waals surface area contributed by atoms with Crippen molar-refractivity contribution >= 4 is 10.2 Å². The number of aryl methyl sites for hydroxylation is 1. The molecule has 1 rings (SSSR count). The minimum Gasteiger partial charge on any atom is -0.495 e. The van der Waals surface area contributed by atoms with E-state index in [1.165, 1.54) is 22.3 Å². The first-order valence-electron chi connectivity index (χ1n) is 5.17. The monoisotopic (exact) mass is 208 g/mol. The summed E-state index contributed by atoms with van der Waals surface area (Å²) in [5.41, 5.74) is 5.74. The molecule has 2 heteroatoms. The Morgan fingerprint density at radius 2 is 1.64 bits per heavy atom. The molecule has 0 aromatic heterocycles. The van der Waals surface area contributed by atoms with E-state index in [1.54, 1.807) is 0 Å². The molecule has 1 unspecified atom stereocenters. The molecule has 0 amide bonds. The van der Waals surface area contributed by atoms with Crippen molar-refractivity contribution in [2.75, 3.05) is 0 Å². The average molecular weight is 208 g/mol. The van der Waals surface area contributed by atoms with Crippen molar-refractivity contribution in [2.24, 2.45) is 0 Å². The van der Waals surface area contributed by atoms with Crippen molar-refractivity contribution in [3.8, 4) is 5.75 Å².